The second-order valence-electron chi connectivity index (χ2n) is 5.03. The van der Waals surface area contributed by atoms with Gasteiger partial charge >= 0.3 is 0 Å². The monoisotopic (exact) mass is 289 g/mol. The summed E-state index contributed by atoms with van der Waals surface area (Å²) >= 11 is 5.62. The van der Waals surface area contributed by atoms with E-state index in [0.717, 1.165) is 11.3 Å². The van der Waals surface area contributed by atoms with Gasteiger partial charge in [0.25, 0.3) is 0 Å². The number of nitrogens with one attached hydrogen (secondary N) is 1. The summed E-state index contributed by atoms with van der Waals surface area (Å²) in [5, 5.41) is 12.8. The lowest BCUT2D eigenvalue weighted by molar-refractivity contribution is 0.211. The van der Waals surface area contributed by atoms with Crippen LogP contribution in [-0.4, -0.2) is 23.6 Å². The molecule has 0 fully saturated rings. The summed E-state index contributed by atoms with van der Waals surface area (Å²) in [4.78, 5) is 0. The minimum atomic E-state index is -0.538. The van der Waals surface area contributed by atoms with E-state index in [0.29, 0.717) is 6.54 Å². The van der Waals surface area contributed by atoms with Crippen LogP contribution in [0.5, 0.6) is 0 Å². The fraction of sp³-hybridized carbons (Fsp3) is 0.294. The van der Waals surface area contributed by atoms with E-state index in [1.54, 1.807) is 0 Å². The first kappa shape index (κ1) is 14.9. The van der Waals surface area contributed by atoms with Crippen molar-refractivity contribution < 1.29 is 5.11 Å². The Kier molecular flexibility index (Phi) is 5.05. The van der Waals surface area contributed by atoms with Crippen LogP contribution in [0.3, 0.4) is 0 Å². The summed E-state index contributed by atoms with van der Waals surface area (Å²) in [7, 11) is 0. The Labute approximate surface area is 125 Å². The number of alkyl halides is 1. The zero-order valence-electron chi connectivity index (χ0n) is 11.9. The summed E-state index contributed by atoms with van der Waals surface area (Å²) < 4.78 is 0. The molecule has 0 saturated heterocycles. The molecule has 2 N–H and O–H groups in total. The van der Waals surface area contributed by atoms with Crippen LogP contribution < -0.4 is 5.32 Å². The van der Waals surface area contributed by atoms with Crippen molar-refractivity contribution in [3.8, 4) is 11.1 Å². The first-order valence-corrected chi connectivity index (χ1v) is 7.30. The molecule has 0 amide bonds. The van der Waals surface area contributed by atoms with Gasteiger partial charge in [0.1, 0.15) is 0 Å². The number of para-hydroxylation sites is 1. The van der Waals surface area contributed by atoms with Crippen molar-refractivity contribution in [3.63, 3.8) is 0 Å². The number of hydrogen-bond acceptors (Lipinski definition) is 2. The molecule has 0 bridgehead atoms. The SMILES string of the molecule is Cc1ccc(-c2ccccc2NCC(O)CCl)cc1C. The smallest absolute Gasteiger partial charge is 0.0847 e. The minimum absolute atomic E-state index is 0.235. The molecule has 2 rings (SSSR count). The number of aliphatic hydroxyl groups excluding tert-OH is 1. The van der Waals surface area contributed by atoms with Crippen molar-refractivity contribution in [2.75, 3.05) is 17.7 Å². The zero-order chi connectivity index (χ0) is 14.5. The molecule has 1 atom stereocenters. The van der Waals surface area contributed by atoms with Crippen LogP contribution in [0.15, 0.2) is 42.5 Å². The quantitative estimate of drug-likeness (QED) is 0.816. The highest BCUT2D eigenvalue weighted by Crippen LogP contribution is 2.29. The predicted molar refractivity (Wildman–Crippen MR) is 86.6 cm³/mol. The van der Waals surface area contributed by atoms with Gasteiger partial charge in [0, 0.05) is 17.8 Å². The third kappa shape index (κ3) is 3.53. The average Bonchev–Trinajstić information content (AvgIpc) is 2.48. The Morgan fingerprint density at radius 3 is 2.55 bits per heavy atom. The first-order valence-electron chi connectivity index (χ1n) is 6.76. The van der Waals surface area contributed by atoms with Crippen molar-refractivity contribution in [1.29, 1.82) is 0 Å². The molecule has 0 aliphatic rings. The first-order chi connectivity index (χ1) is 9.61. The maximum Gasteiger partial charge on any atom is 0.0847 e. The van der Waals surface area contributed by atoms with E-state index in [4.69, 9.17) is 11.6 Å². The summed E-state index contributed by atoms with van der Waals surface area (Å²) in [6.45, 7) is 4.68. The highest BCUT2D eigenvalue weighted by Gasteiger charge is 2.07. The van der Waals surface area contributed by atoms with Crippen molar-refractivity contribution in [1.82, 2.24) is 0 Å². The van der Waals surface area contributed by atoms with Crippen LogP contribution in [0.4, 0.5) is 5.69 Å². The highest BCUT2D eigenvalue weighted by atomic mass is 35.5. The van der Waals surface area contributed by atoms with Crippen LogP contribution in [0.1, 0.15) is 11.1 Å². The molecule has 2 aromatic carbocycles. The van der Waals surface area contributed by atoms with Gasteiger partial charge in [-0.25, -0.2) is 0 Å². The second-order valence-corrected chi connectivity index (χ2v) is 5.34. The number of rotatable bonds is 5. The van der Waals surface area contributed by atoms with E-state index in [1.165, 1.54) is 16.7 Å². The molecule has 2 aromatic rings. The topological polar surface area (TPSA) is 32.3 Å². The third-order valence-electron chi connectivity index (χ3n) is 3.45. The van der Waals surface area contributed by atoms with Crippen molar-refractivity contribution in [3.05, 3.63) is 53.6 Å². The molecular formula is C17H20ClNO. The predicted octanol–water partition coefficient (Wildman–Crippen LogP) is 3.98. The molecule has 0 spiro atoms. The van der Waals surface area contributed by atoms with Crippen LogP contribution in [-0.2, 0) is 0 Å². The molecule has 0 saturated carbocycles. The van der Waals surface area contributed by atoms with Gasteiger partial charge in [-0.05, 0) is 36.6 Å². The maximum atomic E-state index is 9.57. The molecule has 106 valence electrons. The van der Waals surface area contributed by atoms with E-state index >= 15 is 0 Å². The molecule has 0 radical (unpaired) electrons. The largest absolute Gasteiger partial charge is 0.390 e. The fourth-order valence-electron chi connectivity index (χ4n) is 2.08. The highest BCUT2D eigenvalue weighted by molar-refractivity contribution is 6.18. The summed E-state index contributed by atoms with van der Waals surface area (Å²) in [5.41, 5.74) is 5.89. The van der Waals surface area contributed by atoms with Gasteiger partial charge in [-0.1, -0.05) is 36.4 Å². The van der Waals surface area contributed by atoms with Gasteiger partial charge in [0.05, 0.1) is 12.0 Å². The number of aliphatic hydroxyl groups is 1. The lowest BCUT2D eigenvalue weighted by Crippen LogP contribution is -2.21. The Bertz CT molecular complexity index is 583. The Morgan fingerprint density at radius 1 is 1.10 bits per heavy atom. The number of aryl methyl sites for hydroxylation is 2. The van der Waals surface area contributed by atoms with E-state index in [-0.39, 0.29) is 5.88 Å². The van der Waals surface area contributed by atoms with Gasteiger partial charge in [0.2, 0.25) is 0 Å². The summed E-state index contributed by atoms with van der Waals surface area (Å²) in [6.07, 6.45) is -0.538. The van der Waals surface area contributed by atoms with Crippen LogP contribution >= 0.6 is 11.6 Å². The van der Waals surface area contributed by atoms with Crippen LogP contribution in [0.2, 0.25) is 0 Å². The lowest BCUT2D eigenvalue weighted by Gasteiger charge is -2.15. The van der Waals surface area contributed by atoms with Gasteiger partial charge in [-0.15, -0.1) is 11.6 Å². The Morgan fingerprint density at radius 2 is 1.85 bits per heavy atom. The molecule has 0 heterocycles. The third-order valence-corrected chi connectivity index (χ3v) is 3.81. The number of anilines is 1. The molecule has 0 aliphatic heterocycles. The lowest BCUT2D eigenvalue weighted by atomic mass is 9.99. The van der Waals surface area contributed by atoms with E-state index in [9.17, 15) is 5.11 Å². The van der Waals surface area contributed by atoms with E-state index in [2.05, 4.69) is 43.4 Å². The Balaban J connectivity index is 2.29. The zero-order valence-corrected chi connectivity index (χ0v) is 12.6. The van der Waals surface area contributed by atoms with Crippen molar-refractivity contribution >= 4 is 17.3 Å². The molecular weight excluding hydrogens is 270 g/mol. The number of benzene rings is 2. The van der Waals surface area contributed by atoms with E-state index in [1.807, 2.05) is 18.2 Å². The maximum absolute atomic E-state index is 9.57. The summed E-state index contributed by atoms with van der Waals surface area (Å²) in [5.74, 6) is 0.235. The number of halogens is 1. The van der Waals surface area contributed by atoms with Crippen LogP contribution in [0, 0.1) is 13.8 Å². The van der Waals surface area contributed by atoms with Gasteiger partial charge < -0.3 is 10.4 Å². The van der Waals surface area contributed by atoms with Crippen molar-refractivity contribution in [2.45, 2.75) is 20.0 Å². The molecule has 0 aliphatic carbocycles. The van der Waals surface area contributed by atoms with E-state index < -0.39 is 6.10 Å². The second kappa shape index (κ2) is 6.78. The molecule has 3 heteroatoms. The molecule has 2 nitrogen and oxygen atoms in total. The van der Waals surface area contributed by atoms with Gasteiger partial charge in [-0.2, -0.15) is 0 Å². The van der Waals surface area contributed by atoms with Gasteiger partial charge in [-0.3, -0.25) is 0 Å². The fourth-order valence-corrected chi connectivity index (χ4v) is 2.19. The normalized spacial score (nSPS) is 12.2. The number of hydrogen-bond donors (Lipinski definition) is 2. The summed E-state index contributed by atoms with van der Waals surface area (Å²) in [6, 6.07) is 14.6. The standard InChI is InChI=1S/C17H20ClNO/c1-12-7-8-14(9-13(12)2)16-5-3-4-6-17(16)19-11-15(20)10-18/h3-9,15,19-20H,10-11H2,1-2H3. The molecule has 1 unspecified atom stereocenters. The average molecular weight is 290 g/mol. The molecule has 0 aromatic heterocycles. The van der Waals surface area contributed by atoms with Crippen LogP contribution in [0.25, 0.3) is 11.1 Å². The van der Waals surface area contributed by atoms with Gasteiger partial charge in [0.15, 0.2) is 0 Å². The minimum Gasteiger partial charge on any atom is -0.390 e. The Hall–Kier alpha value is -1.51. The van der Waals surface area contributed by atoms with Crippen molar-refractivity contribution in [2.24, 2.45) is 0 Å². The molecule has 20 heavy (non-hydrogen) atoms.